The monoisotopic (exact) mass is 228 g/mol. The molecule has 0 radical (unpaired) electrons. The van der Waals surface area contributed by atoms with E-state index in [9.17, 15) is 0 Å². The van der Waals surface area contributed by atoms with Gasteiger partial charge in [0.25, 0.3) is 0 Å². The summed E-state index contributed by atoms with van der Waals surface area (Å²) in [6, 6.07) is 0.671. The number of hydrogen-bond acceptors (Lipinski definition) is 4. The predicted molar refractivity (Wildman–Crippen MR) is 63.5 cm³/mol. The van der Waals surface area contributed by atoms with Gasteiger partial charge in [0.1, 0.15) is 0 Å². The van der Waals surface area contributed by atoms with Gasteiger partial charge in [-0.2, -0.15) is 0 Å². The van der Waals surface area contributed by atoms with E-state index in [0.717, 1.165) is 39.3 Å². The molecule has 0 bridgehead atoms. The first-order valence-electron chi connectivity index (χ1n) is 6.45. The van der Waals surface area contributed by atoms with Gasteiger partial charge in [-0.05, 0) is 20.3 Å². The lowest BCUT2D eigenvalue weighted by atomic mass is 10.2. The Morgan fingerprint density at radius 3 is 2.25 bits per heavy atom. The van der Waals surface area contributed by atoms with Crippen LogP contribution in [0.5, 0.6) is 0 Å². The van der Waals surface area contributed by atoms with Crippen molar-refractivity contribution in [3.05, 3.63) is 0 Å². The van der Waals surface area contributed by atoms with Gasteiger partial charge in [-0.15, -0.1) is 0 Å². The Morgan fingerprint density at radius 2 is 1.69 bits per heavy atom. The fraction of sp³-hybridized carbons (Fsp3) is 1.00. The summed E-state index contributed by atoms with van der Waals surface area (Å²) in [4.78, 5) is 4.98. The molecule has 0 aromatic heterocycles. The molecule has 2 aliphatic rings. The second kappa shape index (κ2) is 5.96. The standard InChI is InChI=1S/C12H24N2O2/c1-11(2)14-6-4-13(5-7-14)10-12-15-8-3-9-16-12/h11-12H,3-10H2,1-2H3. The number of ether oxygens (including phenoxy) is 2. The minimum absolute atomic E-state index is 0.0133. The Hall–Kier alpha value is -0.160. The molecule has 2 rings (SSSR count). The van der Waals surface area contributed by atoms with E-state index in [-0.39, 0.29) is 6.29 Å². The van der Waals surface area contributed by atoms with Crippen molar-refractivity contribution in [3.63, 3.8) is 0 Å². The molecule has 0 saturated carbocycles. The zero-order valence-corrected chi connectivity index (χ0v) is 10.5. The van der Waals surface area contributed by atoms with Gasteiger partial charge in [0.15, 0.2) is 6.29 Å². The van der Waals surface area contributed by atoms with E-state index in [0.29, 0.717) is 6.04 Å². The van der Waals surface area contributed by atoms with E-state index in [4.69, 9.17) is 9.47 Å². The van der Waals surface area contributed by atoms with E-state index in [1.54, 1.807) is 0 Å². The van der Waals surface area contributed by atoms with Crippen LogP contribution in [0.4, 0.5) is 0 Å². The molecule has 16 heavy (non-hydrogen) atoms. The Bertz CT molecular complexity index is 197. The minimum Gasteiger partial charge on any atom is -0.351 e. The lowest BCUT2D eigenvalue weighted by Gasteiger charge is -2.38. The van der Waals surface area contributed by atoms with Gasteiger partial charge in [0.05, 0.1) is 13.2 Å². The summed E-state index contributed by atoms with van der Waals surface area (Å²) in [7, 11) is 0. The first kappa shape index (κ1) is 12.3. The number of nitrogens with zero attached hydrogens (tertiary/aromatic N) is 2. The van der Waals surface area contributed by atoms with Crippen LogP contribution in [0.1, 0.15) is 20.3 Å². The first-order chi connectivity index (χ1) is 7.75. The fourth-order valence-electron chi connectivity index (χ4n) is 2.32. The van der Waals surface area contributed by atoms with E-state index in [2.05, 4.69) is 23.6 Å². The highest BCUT2D eigenvalue weighted by Gasteiger charge is 2.23. The lowest BCUT2D eigenvalue weighted by Crippen LogP contribution is -2.51. The average molecular weight is 228 g/mol. The second-order valence-corrected chi connectivity index (χ2v) is 4.96. The van der Waals surface area contributed by atoms with E-state index in [1.807, 2.05) is 0 Å². The van der Waals surface area contributed by atoms with Gasteiger partial charge in [-0.1, -0.05) is 0 Å². The SMILES string of the molecule is CC(C)N1CCN(CC2OCCCO2)CC1. The van der Waals surface area contributed by atoms with Gasteiger partial charge >= 0.3 is 0 Å². The molecule has 4 nitrogen and oxygen atoms in total. The summed E-state index contributed by atoms with van der Waals surface area (Å²) in [5.41, 5.74) is 0. The van der Waals surface area contributed by atoms with Crippen molar-refractivity contribution in [3.8, 4) is 0 Å². The third-order valence-corrected chi connectivity index (χ3v) is 3.44. The number of hydrogen-bond donors (Lipinski definition) is 0. The van der Waals surface area contributed by atoms with Gasteiger partial charge in [0, 0.05) is 38.8 Å². The zero-order valence-electron chi connectivity index (χ0n) is 10.5. The summed E-state index contributed by atoms with van der Waals surface area (Å²) in [5.74, 6) is 0. The molecule has 0 unspecified atom stereocenters. The maximum absolute atomic E-state index is 5.58. The van der Waals surface area contributed by atoms with Crippen LogP contribution >= 0.6 is 0 Å². The minimum atomic E-state index is 0.0133. The smallest absolute Gasteiger partial charge is 0.170 e. The Balaban J connectivity index is 1.68. The molecule has 0 aliphatic carbocycles. The normalized spacial score (nSPS) is 26.4. The maximum Gasteiger partial charge on any atom is 0.170 e. The molecule has 0 spiro atoms. The highest BCUT2D eigenvalue weighted by atomic mass is 16.7. The van der Waals surface area contributed by atoms with Crippen LogP contribution in [0.2, 0.25) is 0 Å². The van der Waals surface area contributed by atoms with Crippen molar-refractivity contribution in [2.24, 2.45) is 0 Å². The van der Waals surface area contributed by atoms with Crippen molar-refractivity contribution in [2.75, 3.05) is 45.9 Å². The van der Waals surface area contributed by atoms with Crippen LogP contribution < -0.4 is 0 Å². The van der Waals surface area contributed by atoms with Gasteiger partial charge in [-0.3, -0.25) is 9.80 Å². The molecule has 0 amide bonds. The van der Waals surface area contributed by atoms with Crippen LogP contribution in [0.15, 0.2) is 0 Å². The van der Waals surface area contributed by atoms with Crippen molar-refractivity contribution >= 4 is 0 Å². The lowest BCUT2D eigenvalue weighted by molar-refractivity contribution is -0.188. The summed E-state index contributed by atoms with van der Waals surface area (Å²) in [6.45, 7) is 11.8. The molecule has 2 heterocycles. The summed E-state index contributed by atoms with van der Waals surface area (Å²) >= 11 is 0. The Morgan fingerprint density at radius 1 is 1.06 bits per heavy atom. The molecule has 0 aromatic rings. The largest absolute Gasteiger partial charge is 0.351 e. The number of rotatable bonds is 3. The van der Waals surface area contributed by atoms with E-state index >= 15 is 0 Å². The van der Waals surface area contributed by atoms with Crippen molar-refractivity contribution in [2.45, 2.75) is 32.6 Å². The van der Waals surface area contributed by atoms with E-state index < -0.39 is 0 Å². The quantitative estimate of drug-likeness (QED) is 0.712. The fourth-order valence-corrected chi connectivity index (χ4v) is 2.32. The summed E-state index contributed by atoms with van der Waals surface area (Å²) < 4.78 is 11.2. The first-order valence-corrected chi connectivity index (χ1v) is 6.45. The Labute approximate surface area is 98.5 Å². The molecule has 0 atom stereocenters. The molecule has 2 saturated heterocycles. The Kier molecular flexibility index (Phi) is 4.58. The predicted octanol–water partition coefficient (Wildman–Crippen LogP) is 0.775. The average Bonchev–Trinajstić information content (AvgIpc) is 2.31. The van der Waals surface area contributed by atoms with Crippen molar-refractivity contribution < 1.29 is 9.47 Å². The van der Waals surface area contributed by atoms with E-state index in [1.165, 1.54) is 13.1 Å². The maximum atomic E-state index is 5.58. The second-order valence-electron chi connectivity index (χ2n) is 4.96. The van der Waals surface area contributed by atoms with Crippen LogP contribution in [0, 0.1) is 0 Å². The van der Waals surface area contributed by atoms with Gasteiger partial charge in [0.2, 0.25) is 0 Å². The number of piperazine rings is 1. The van der Waals surface area contributed by atoms with Crippen molar-refractivity contribution in [1.82, 2.24) is 9.80 Å². The summed E-state index contributed by atoms with van der Waals surface area (Å²) in [5, 5.41) is 0. The molecule has 0 N–H and O–H groups in total. The highest BCUT2D eigenvalue weighted by Crippen LogP contribution is 2.10. The molecule has 94 valence electrons. The topological polar surface area (TPSA) is 24.9 Å². The molecular formula is C12H24N2O2. The third-order valence-electron chi connectivity index (χ3n) is 3.44. The third kappa shape index (κ3) is 3.42. The molecule has 2 fully saturated rings. The summed E-state index contributed by atoms with van der Waals surface area (Å²) in [6.07, 6.45) is 1.05. The van der Waals surface area contributed by atoms with Crippen LogP contribution in [0.25, 0.3) is 0 Å². The highest BCUT2D eigenvalue weighted by molar-refractivity contribution is 4.75. The molecule has 2 aliphatic heterocycles. The zero-order chi connectivity index (χ0) is 11.4. The van der Waals surface area contributed by atoms with Crippen LogP contribution in [-0.4, -0.2) is 68.1 Å². The van der Waals surface area contributed by atoms with Gasteiger partial charge < -0.3 is 9.47 Å². The molecular weight excluding hydrogens is 204 g/mol. The van der Waals surface area contributed by atoms with Gasteiger partial charge in [-0.25, -0.2) is 0 Å². The van der Waals surface area contributed by atoms with Crippen LogP contribution in [-0.2, 0) is 9.47 Å². The van der Waals surface area contributed by atoms with Crippen molar-refractivity contribution in [1.29, 1.82) is 0 Å². The molecule has 0 aromatic carbocycles. The van der Waals surface area contributed by atoms with Crippen LogP contribution in [0.3, 0.4) is 0 Å². The molecule has 4 heteroatoms.